The van der Waals surface area contributed by atoms with E-state index < -0.39 is 28.7 Å². The maximum atomic E-state index is 13.6. The highest BCUT2D eigenvalue weighted by molar-refractivity contribution is 7.89. The average Bonchev–Trinajstić information content (AvgIpc) is 3.02. The molecule has 0 aliphatic rings. The molecule has 0 saturated heterocycles. The zero-order valence-corrected chi connectivity index (χ0v) is 17.2. The highest BCUT2D eigenvalue weighted by Crippen LogP contribution is 2.29. The highest BCUT2D eigenvalue weighted by Gasteiger charge is 2.24. The van der Waals surface area contributed by atoms with Gasteiger partial charge in [0.15, 0.2) is 0 Å². The molecule has 0 aliphatic heterocycles. The second-order valence-electron chi connectivity index (χ2n) is 6.68. The predicted octanol–water partition coefficient (Wildman–Crippen LogP) is 4.22. The van der Waals surface area contributed by atoms with Crippen molar-refractivity contribution in [1.82, 2.24) is 4.72 Å². The lowest BCUT2D eigenvalue weighted by molar-refractivity contribution is 0.0491. The molecular weight excluding hydrogens is 397 g/mol. The molecule has 0 amide bonds. The Hall–Kier alpha value is -2.71. The molecule has 0 fully saturated rings. The van der Waals surface area contributed by atoms with Crippen molar-refractivity contribution in [1.29, 1.82) is 0 Å². The number of halogens is 1. The lowest BCUT2D eigenvalue weighted by Crippen LogP contribution is -2.30. The van der Waals surface area contributed by atoms with Crippen LogP contribution in [0, 0.1) is 13.8 Å². The molecule has 6 nitrogen and oxygen atoms in total. The van der Waals surface area contributed by atoms with Crippen molar-refractivity contribution >= 4 is 27.0 Å². The van der Waals surface area contributed by atoms with Crippen LogP contribution in [0.2, 0.25) is 0 Å². The smallest absolute Gasteiger partial charge is 0.374 e. The lowest BCUT2D eigenvalue weighted by Gasteiger charge is -2.16. The second-order valence-corrected chi connectivity index (χ2v) is 8.39. The third-order valence-corrected chi connectivity index (χ3v) is 6.04. The molecule has 0 bridgehead atoms. The number of hydrogen-bond donors (Lipinski definition) is 1. The molecule has 2 aromatic carbocycles. The van der Waals surface area contributed by atoms with Gasteiger partial charge in [0.2, 0.25) is 15.8 Å². The maximum Gasteiger partial charge on any atom is 0.374 e. The fraction of sp³-hybridized carbons (Fsp3) is 0.286. The number of fused-ring (bicyclic) bond motifs is 1. The summed E-state index contributed by atoms with van der Waals surface area (Å²) in [5.74, 6) is -0.577. The largest absolute Gasteiger partial charge is 0.460 e. The number of alkyl halides is 1. The van der Waals surface area contributed by atoms with Crippen LogP contribution in [0.1, 0.15) is 40.2 Å². The van der Waals surface area contributed by atoms with E-state index in [0.717, 1.165) is 5.56 Å². The van der Waals surface area contributed by atoms with Crippen LogP contribution in [-0.2, 0) is 14.8 Å². The molecule has 8 heteroatoms. The first-order valence-corrected chi connectivity index (χ1v) is 10.6. The number of esters is 1. The number of furan rings is 1. The van der Waals surface area contributed by atoms with Gasteiger partial charge >= 0.3 is 5.97 Å². The summed E-state index contributed by atoms with van der Waals surface area (Å²) in [5.41, 5.74) is 2.30. The molecule has 1 unspecified atom stereocenters. The topological polar surface area (TPSA) is 85.6 Å². The Bertz CT molecular complexity index is 1150. The summed E-state index contributed by atoms with van der Waals surface area (Å²) >= 11 is 0. The van der Waals surface area contributed by atoms with Crippen molar-refractivity contribution in [3.63, 3.8) is 0 Å². The van der Waals surface area contributed by atoms with Gasteiger partial charge in [0, 0.05) is 10.9 Å². The number of nitrogens with one attached hydrogen (secondary N) is 1. The van der Waals surface area contributed by atoms with E-state index >= 15 is 0 Å². The molecule has 1 aromatic heterocycles. The number of benzene rings is 2. The first-order valence-electron chi connectivity index (χ1n) is 9.12. The minimum absolute atomic E-state index is 0.0331. The van der Waals surface area contributed by atoms with Gasteiger partial charge in [-0.15, -0.1) is 0 Å². The average molecular weight is 419 g/mol. The summed E-state index contributed by atoms with van der Waals surface area (Å²) in [4.78, 5) is 12.0. The van der Waals surface area contributed by atoms with E-state index in [9.17, 15) is 17.6 Å². The van der Waals surface area contributed by atoms with Crippen LogP contribution in [0.3, 0.4) is 0 Å². The first kappa shape index (κ1) is 21.0. The van der Waals surface area contributed by atoms with E-state index in [-0.39, 0.29) is 17.3 Å². The predicted molar refractivity (Wildman–Crippen MR) is 107 cm³/mol. The van der Waals surface area contributed by atoms with E-state index in [2.05, 4.69) is 4.72 Å². The van der Waals surface area contributed by atoms with Crippen LogP contribution >= 0.6 is 0 Å². The Morgan fingerprint density at radius 1 is 1.21 bits per heavy atom. The van der Waals surface area contributed by atoms with Crippen molar-refractivity contribution in [2.45, 2.75) is 31.7 Å². The number of hydrogen-bond acceptors (Lipinski definition) is 5. The van der Waals surface area contributed by atoms with E-state index in [1.54, 1.807) is 32.0 Å². The summed E-state index contributed by atoms with van der Waals surface area (Å²) in [7, 11) is -4.01. The molecule has 3 rings (SSSR count). The van der Waals surface area contributed by atoms with Crippen molar-refractivity contribution in [3.05, 3.63) is 64.9 Å². The molecular formula is C21H22FNO5S. The highest BCUT2D eigenvalue weighted by atomic mass is 32.2. The van der Waals surface area contributed by atoms with Crippen LogP contribution < -0.4 is 4.72 Å². The molecule has 1 N–H and O–H groups in total. The standard InChI is InChI=1S/C21H22FNO5S/c1-4-27-21(24)20-14(3)17-11-16(8-9-19(17)28-20)29(25,26)23-18(12-22)15-7-5-6-13(2)10-15/h5-11,18,23H,4,12H2,1-3H3. The third-order valence-electron chi connectivity index (χ3n) is 4.57. The molecule has 0 spiro atoms. The Labute approximate surface area is 168 Å². The molecule has 1 heterocycles. The summed E-state index contributed by atoms with van der Waals surface area (Å²) in [6.07, 6.45) is 0. The normalized spacial score (nSPS) is 12.8. The van der Waals surface area contributed by atoms with E-state index in [1.807, 2.05) is 13.0 Å². The van der Waals surface area contributed by atoms with Gasteiger partial charge in [0.05, 0.1) is 17.5 Å². The summed E-state index contributed by atoms with van der Waals surface area (Å²) < 4.78 is 52.2. The second kappa shape index (κ2) is 8.34. The van der Waals surface area contributed by atoms with Crippen molar-refractivity contribution in [2.24, 2.45) is 0 Å². The van der Waals surface area contributed by atoms with Crippen LogP contribution in [0.5, 0.6) is 0 Å². The fourth-order valence-corrected chi connectivity index (χ4v) is 4.32. The van der Waals surface area contributed by atoms with Crippen molar-refractivity contribution < 1.29 is 26.8 Å². The Morgan fingerprint density at radius 3 is 2.62 bits per heavy atom. The van der Waals surface area contributed by atoms with Crippen LogP contribution in [0.4, 0.5) is 4.39 Å². The van der Waals surface area contributed by atoms with Gasteiger partial charge in [-0.05, 0) is 44.5 Å². The van der Waals surface area contributed by atoms with Gasteiger partial charge in [0.25, 0.3) is 0 Å². The van der Waals surface area contributed by atoms with Crippen molar-refractivity contribution in [2.75, 3.05) is 13.3 Å². The quantitative estimate of drug-likeness (QED) is 0.580. The number of carbonyl (C=O) groups is 1. The first-order chi connectivity index (χ1) is 13.8. The number of sulfonamides is 1. The Kier molecular flexibility index (Phi) is 6.04. The van der Waals surface area contributed by atoms with Crippen molar-refractivity contribution in [3.8, 4) is 0 Å². The number of aryl methyl sites for hydroxylation is 2. The van der Waals surface area contributed by atoms with Gasteiger partial charge in [-0.1, -0.05) is 29.8 Å². The molecule has 3 aromatic rings. The SMILES string of the molecule is CCOC(=O)c1oc2ccc(S(=O)(=O)NC(CF)c3cccc(C)c3)cc2c1C. The van der Waals surface area contributed by atoms with E-state index in [0.29, 0.717) is 22.1 Å². The minimum atomic E-state index is -4.01. The molecule has 1 atom stereocenters. The lowest BCUT2D eigenvalue weighted by atomic mass is 10.1. The summed E-state index contributed by atoms with van der Waals surface area (Å²) in [5, 5.41) is 0.475. The van der Waals surface area contributed by atoms with Gasteiger partial charge in [0.1, 0.15) is 12.3 Å². The third kappa shape index (κ3) is 4.33. The monoisotopic (exact) mass is 419 g/mol. The van der Waals surface area contributed by atoms with Crippen LogP contribution in [0.25, 0.3) is 11.0 Å². The summed E-state index contributed by atoms with van der Waals surface area (Å²) in [6, 6.07) is 10.2. The van der Waals surface area contributed by atoms with E-state index in [1.165, 1.54) is 18.2 Å². The number of ether oxygens (including phenoxy) is 1. The van der Waals surface area contributed by atoms with Gasteiger partial charge in [-0.3, -0.25) is 0 Å². The number of carbonyl (C=O) groups excluding carboxylic acids is 1. The molecule has 0 saturated carbocycles. The zero-order valence-electron chi connectivity index (χ0n) is 16.4. The van der Waals surface area contributed by atoms with Gasteiger partial charge < -0.3 is 9.15 Å². The fourth-order valence-electron chi connectivity index (χ4n) is 3.09. The summed E-state index contributed by atoms with van der Waals surface area (Å²) in [6.45, 7) is 4.50. The van der Waals surface area contributed by atoms with Gasteiger partial charge in [-0.2, -0.15) is 0 Å². The van der Waals surface area contributed by atoms with Gasteiger partial charge in [-0.25, -0.2) is 22.3 Å². The molecule has 0 aliphatic carbocycles. The maximum absolute atomic E-state index is 13.6. The van der Waals surface area contributed by atoms with Crippen LogP contribution in [0.15, 0.2) is 51.8 Å². The minimum Gasteiger partial charge on any atom is -0.460 e. The molecule has 0 radical (unpaired) electrons. The molecule has 154 valence electrons. The zero-order chi connectivity index (χ0) is 21.2. The molecule has 29 heavy (non-hydrogen) atoms. The van der Waals surface area contributed by atoms with Crippen LogP contribution in [-0.4, -0.2) is 27.7 Å². The van der Waals surface area contributed by atoms with E-state index in [4.69, 9.17) is 9.15 Å². The Balaban J connectivity index is 1.95. The Morgan fingerprint density at radius 2 is 1.97 bits per heavy atom. The number of rotatable bonds is 7.